The molecule has 0 aliphatic carbocycles. The van der Waals surface area contributed by atoms with Gasteiger partial charge in [-0.25, -0.2) is 9.97 Å². The first kappa shape index (κ1) is 18.7. The first-order valence-corrected chi connectivity index (χ1v) is 10.7. The first-order chi connectivity index (χ1) is 13.6. The van der Waals surface area contributed by atoms with Gasteiger partial charge < -0.3 is 5.32 Å². The number of carbonyl (C=O) groups excluding carboxylic acids is 1. The fourth-order valence-corrected chi connectivity index (χ4v) is 4.85. The van der Waals surface area contributed by atoms with Crippen LogP contribution in [0.5, 0.6) is 0 Å². The number of benzene rings is 2. The number of anilines is 1. The highest BCUT2D eigenvalue weighted by Gasteiger charge is 2.20. The van der Waals surface area contributed by atoms with Gasteiger partial charge in [0, 0.05) is 16.6 Å². The number of carbonyl (C=O) groups is 1. The lowest BCUT2D eigenvalue weighted by Crippen LogP contribution is -2.23. The fourth-order valence-electron chi connectivity index (χ4n) is 2.94. The minimum absolute atomic E-state index is 0.0393. The van der Waals surface area contributed by atoms with E-state index in [-0.39, 0.29) is 11.2 Å². The third-order valence-electron chi connectivity index (χ3n) is 4.48. The van der Waals surface area contributed by atoms with E-state index in [0.29, 0.717) is 0 Å². The smallest absolute Gasteiger partial charge is 0.237 e. The van der Waals surface area contributed by atoms with Crippen LogP contribution in [0.1, 0.15) is 12.5 Å². The van der Waals surface area contributed by atoms with Crippen LogP contribution in [-0.4, -0.2) is 21.1 Å². The molecule has 0 saturated carbocycles. The Kier molecular flexibility index (Phi) is 5.41. The lowest BCUT2D eigenvalue weighted by atomic mass is 10.1. The Morgan fingerprint density at radius 2 is 1.82 bits per heavy atom. The molecule has 0 aliphatic heterocycles. The number of amides is 1. The standard InChI is InChI=1S/C22H19N3OS2/c1-14-8-6-7-11-18(14)25-20(26)15(2)28-22-19-17(16-9-4-3-5-10-16)12-27-21(19)23-13-24-22/h3-13,15H,1-2H3,(H,25,26). The highest BCUT2D eigenvalue weighted by molar-refractivity contribution is 8.00. The number of aromatic nitrogens is 2. The van der Waals surface area contributed by atoms with Crippen molar-refractivity contribution in [1.82, 2.24) is 9.97 Å². The second-order valence-electron chi connectivity index (χ2n) is 6.44. The SMILES string of the molecule is Cc1ccccc1NC(=O)C(C)Sc1ncnc2scc(-c3ccccc3)c12. The summed E-state index contributed by atoms with van der Waals surface area (Å²) < 4.78 is 0. The molecule has 0 fully saturated rings. The number of hydrogen-bond acceptors (Lipinski definition) is 5. The van der Waals surface area contributed by atoms with E-state index in [0.717, 1.165) is 37.6 Å². The van der Waals surface area contributed by atoms with Gasteiger partial charge >= 0.3 is 0 Å². The summed E-state index contributed by atoms with van der Waals surface area (Å²) in [6, 6.07) is 18.0. The van der Waals surface area contributed by atoms with Gasteiger partial charge in [0.2, 0.25) is 5.91 Å². The molecule has 4 aromatic rings. The summed E-state index contributed by atoms with van der Waals surface area (Å²) in [7, 11) is 0. The largest absolute Gasteiger partial charge is 0.325 e. The molecule has 0 radical (unpaired) electrons. The summed E-state index contributed by atoms with van der Waals surface area (Å²) in [5.41, 5.74) is 4.12. The van der Waals surface area contributed by atoms with Gasteiger partial charge in [-0.2, -0.15) is 0 Å². The number of nitrogens with one attached hydrogen (secondary N) is 1. The van der Waals surface area contributed by atoms with Gasteiger partial charge in [0.25, 0.3) is 0 Å². The molecule has 1 unspecified atom stereocenters. The predicted molar refractivity (Wildman–Crippen MR) is 118 cm³/mol. The number of para-hydroxylation sites is 1. The Morgan fingerprint density at radius 3 is 2.61 bits per heavy atom. The van der Waals surface area contributed by atoms with Crippen LogP contribution in [0.25, 0.3) is 21.3 Å². The molecule has 2 aromatic heterocycles. The lowest BCUT2D eigenvalue weighted by Gasteiger charge is -2.14. The first-order valence-electron chi connectivity index (χ1n) is 8.94. The van der Waals surface area contributed by atoms with Gasteiger partial charge in [-0.05, 0) is 31.0 Å². The highest BCUT2D eigenvalue weighted by Crippen LogP contribution is 2.39. The van der Waals surface area contributed by atoms with Crippen molar-refractivity contribution in [2.75, 3.05) is 5.32 Å². The van der Waals surface area contributed by atoms with Crippen LogP contribution in [0.4, 0.5) is 5.69 Å². The van der Waals surface area contributed by atoms with Crippen molar-refractivity contribution < 1.29 is 4.79 Å². The number of thiophene rings is 1. The van der Waals surface area contributed by atoms with E-state index < -0.39 is 0 Å². The third-order valence-corrected chi connectivity index (χ3v) is 6.47. The van der Waals surface area contributed by atoms with E-state index >= 15 is 0 Å². The summed E-state index contributed by atoms with van der Waals surface area (Å²) in [6.45, 7) is 3.89. The topological polar surface area (TPSA) is 54.9 Å². The number of aryl methyl sites for hydroxylation is 1. The minimum Gasteiger partial charge on any atom is -0.325 e. The maximum absolute atomic E-state index is 12.7. The van der Waals surface area contributed by atoms with Crippen LogP contribution in [0, 0.1) is 6.92 Å². The normalized spacial score (nSPS) is 12.1. The average molecular weight is 406 g/mol. The summed E-state index contributed by atoms with van der Waals surface area (Å²) in [5, 5.41) is 6.68. The minimum atomic E-state index is -0.291. The van der Waals surface area contributed by atoms with Crippen LogP contribution in [-0.2, 0) is 4.79 Å². The van der Waals surface area contributed by atoms with Crippen LogP contribution in [0.2, 0.25) is 0 Å². The van der Waals surface area contributed by atoms with E-state index in [4.69, 9.17) is 0 Å². The van der Waals surface area contributed by atoms with E-state index in [1.165, 1.54) is 11.8 Å². The summed E-state index contributed by atoms with van der Waals surface area (Å²) >= 11 is 3.06. The fraction of sp³-hybridized carbons (Fsp3) is 0.136. The summed E-state index contributed by atoms with van der Waals surface area (Å²) in [6.07, 6.45) is 1.57. The van der Waals surface area contributed by atoms with E-state index in [1.807, 2.05) is 56.3 Å². The van der Waals surface area contributed by atoms with Gasteiger partial charge in [0.05, 0.1) is 10.6 Å². The molecule has 0 spiro atoms. The Labute approximate surface area is 172 Å². The monoisotopic (exact) mass is 405 g/mol. The molecule has 2 heterocycles. The van der Waals surface area contributed by atoms with E-state index in [9.17, 15) is 4.79 Å². The molecule has 6 heteroatoms. The third kappa shape index (κ3) is 3.79. The van der Waals surface area contributed by atoms with Crippen molar-refractivity contribution >= 4 is 44.9 Å². The second-order valence-corrected chi connectivity index (χ2v) is 8.63. The van der Waals surface area contributed by atoms with Crippen molar-refractivity contribution in [1.29, 1.82) is 0 Å². The zero-order valence-electron chi connectivity index (χ0n) is 15.5. The van der Waals surface area contributed by atoms with Crippen LogP contribution < -0.4 is 5.32 Å². The Morgan fingerprint density at radius 1 is 1.07 bits per heavy atom. The highest BCUT2D eigenvalue weighted by atomic mass is 32.2. The van der Waals surface area contributed by atoms with Crippen molar-refractivity contribution in [3.8, 4) is 11.1 Å². The molecule has 0 aliphatic rings. The van der Waals surface area contributed by atoms with Gasteiger partial charge in [0.15, 0.2) is 0 Å². The molecule has 1 atom stereocenters. The Bertz CT molecular complexity index is 1130. The van der Waals surface area contributed by atoms with Gasteiger partial charge in [-0.1, -0.05) is 60.3 Å². The summed E-state index contributed by atoms with van der Waals surface area (Å²) in [4.78, 5) is 22.6. The molecule has 0 saturated heterocycles. The Balaban J connectivity index is 1.62. The van der Waals surface area contributed by atoms with Gasteiger partial charge in [-0.3, -0.25) is 4.79 Å². The zero-order valence-corrected chi connectivity index (χ0v) is 17.2. The molecule has 0 bridgehead atoms. The molecule has 4 nitrogen and oxygen atoms in total. The molecule has 2 aromatic carbocycles. The number of thioether (sulfide) groups is 1. The number of fused-ring (bicyclic) bond motifs is 1. The van der Waals surface area contributed by atoms with Crippen molar-refractivity contribution in [2.24, 2.45) is 0 Å². The predicted octanol–water partition coefficient (Wildman–Crippen LogP) is 5.79. The molecular formula is C22H19N3OS2. The van der Waals surface area contributed by atoms with Crippen LogP contribution in [0.15, 0.2) is 71.3 Å². The Hall–Kier alpha value is -2.70. The van der Waals surface area contributed by atoms with Crippen LogP contribution >= 0.6 is 23.1 Å². The molecule has 1 N–H and O–H groups in total. The van der Waals surface area contributed by atoms with E-state index in [2.05, 4.69) is 32.8 Å². The van der Waals surface area contributed by atoms with E-state index in [1.54, 1.807) is 17.7 Å². The average Bonchev–Trinajstić information content (AvgIpc) is 3.15. The second kappa shape index (κ2) is 8.12. The summed E-state index contributed by atoms with van der Waals surface area (Å²) in [5.74, 6) is -0.0393. The lowest BCUT2D eigenvalue weighted by molar-refractivity contribution is -0.115. The van der Waals surface area contributed by atoms with Crippen molar-refractivity contribution in [3.05, 3.63) is 71.9 Å². The maximum atomic E-state index is 12.7. The number of hydrogen-bond donors (Lipinski definition) is 1. The molecule has 4 rings (SSSR count). The maximum Gasteiger partial charge on any atom is 0.237 e. The molecular weight excluding hydrogens is 386 g/mol. The van der Waals surface area contributed by atoms with Gasteiger partial charge in [-0.15, -0.1) is 11.3 Å². The van der Waals surface area contributed by atoms with Crippen molar-refractivity contribution in [2.45, 2.75) is 24.1 Å². The number of rotatable bonds is 5. The molecule has 28 heavy (non-hydrogen) atoms. The van der Waals surface area contributed by atoms with Crippen LogP contribution in [0.3, 0.4) is 0 Å². The zero-order chi connectivity index (χ0) is 19.5. The molecule has 140 valence electrons. The van der Waals surface area contributed by atoms with Crippen molar-refractivity contribution in [3.63, 3.8) is 0 Å². The molecule has 1 amide bonds. The quantitative estimate of drug-likeness (QED) is 0.337. The van der Waals surface area contributed by atoms with Gasteiger partial charge in [0.1, 0.15) is 16.2 Å². The number of nitrogens with zero attached hydrogens (tertiary/aromatic N) is 2.